The average Bonchev–Trinajstić information content (AvgIpc) is 2.44. The summed E-state index contributed by atoms with van der Waals surface area (Å²) in [6, 6.07) is 5.87. The van der Waals surface area contributed by atoms with Gasteiger partial charge >= 0.3 is 0 Å². The van der Waals surface area contributed by atoms with Gasteiger partial charge in [-0.3, -0.25) is 0 Å². The molecule has 0 saturated heterocycles. The van der Waals surface area contributed by atoms with Gasteiger partial charge in [-0.25, -0.2) is 0 Å². The van der Waals surface area contributed by atoms with Crippen molar-refractivity contribution >= 4 is 33.8 Å². The van der Waals surface area contributed by atoms with Crippen LogP contribution in [0.25, 0.3) is 10.2 Å². The van der Waals surface area contributed by atoms with Crippen LogP contribution in [0.5, 0.6) is 5.75 Å². The van der Waals surface area contributed by atoms with Crippen LogP contribution in [0.4, 0.5) is 0 Å². The van der Waals surface area contributed by atoms with Crippen molar-refractivity contribution in [1.29, 1.82) is 0 Å². The number of aromatic amines is 1. The Morgan fingerprint density at radius 3 is 2.92 bits per heavy atom. The fraction of sp³-hybridized carbons (Fsp3) is 0.125. The molecule has 0 aliphatic heterocycles. The second kappa shape index (κ2) is 4.31. The van der Waals surface area contributed by atoms with Gasteiger partial charge in [0, 0.05) is 19.5 Å². The van der Waals surface area contributed by atoms with E-state index in [2.05, 4.69) is 4.98 Å². The van der Waals surface area contributed by atoms with Crippen LogP contribution in [0.3, 0.4) is 0 Å². The van der Waals surface area contributed by atoms with Crippen molar-refractivity contribution in [2.24, 2.45) is 0 Å². The van der Waals surface area contributed by atoms with Gasteiger partial charge < -0.3 is 9.72 Å². The molecule has 0 spiro atoms. The molecule has 0 aliphatic rings. The molecule has 0 unspecified atom stereocenters. The molecule has 0 atom stereocenters. The molecule has 13 heavy (non-hydrogen) atoms. The van der Waals surface area contributed by atoms with Crippen molar-refractivity contribution in [3.8, 4) is 5.75 Å². The van der Waals surface area contributed by atoms with E-state index >= 15 is 0 Å². The summed E-state index contributed by atoms with van der Waals surface area (Å²) in [7, 11) is 1.66. The van der Waals surface area contributed by atoms with Crippen LogP contribution in [0.2, 0.25) is 0 Å². The van der Waals surface area contributed by atoms with Gasteiger partial charge in [-0.15, -0.1) is 11.3 Å². The van der Waals surface area contributed by atoms with Gasteiger partial charge in [-0.1, -0.05) is 6.07 Å². The third-order valence-electron chi connectivity index (χ3n) is 1.63. The van der Waals surface area contributed by atoms with Gasteiger partial charge in [-0.2, -0.15) is 0 Å². The SMILES string of the molecule is COc1cccc2[nH]c(=S)sc12.[Zn]. The van der Waals surface area contributed by atoms with E-state index in [-0.39, 0.29) is 19.5 Å². The molecular formula is C8H7NOS2Zn. The number of ether oxygens (including phenoxy) is 1. The number of H-pyrrole nitrogens is 1. The maximum absolute atomic E-state index is 5.18. The van der Waals surface area contributed by atoms with E-state index in [4.69, 9.17) is 17.0 Å². The predicted molar refractivity (Wildman–Crippen MR) is 53.6 cm³/mol. The van der Waals surface area contributed by atoms with Crippen LogP contribution in [-0.4, -0.2) is 12.1 Å². The van der Waals surface area contributed by atoms with Crippen molar-refractivity contribution in [3.63, 3.8) is 0 Å². The second-order valence-electron chi connectivity index (χ2n) is 2.35. The monoisotopic (exact) mass is 261 g/mol. The number of nitrogens with one attached hydrogen (secondary N) is 1. The molecule has 1 aromatic carbocycles. The smallest absolute Gasteiger partial charge is 0.159 e. The topological polar surface area (TPSA) is 25.0 Å². The van der Waals surface area contributed by atoms with Gasteiger partial charge in [0.15, 0.2) is 3.95 Å². The zero-order valence-electron chi connectivity index (χ0n) is 7.16. The van der Waals surface area contributed by atoms with E-state index < -0.39 is 0 Å². The van der Waals surface area contributed by atoms with Gasteiger partial charge in [-0.05, 0) is 24.4 Å². The molecule has 0 bridgehead atoms. The summed E-state index contributed by atoms with van der Waals surface area (Å²) in [5, 5.41) is 0. The van der Waals surface area contributed by atoms with E-state index in [1.807, 2.05) is 18.2 Å². The van der Waals surface area contributed by atoms with Gasteiger partial charge in [0.1, 0.15) is 5.75 Å². The fourth-order valence-electron chi connectivity index (χ4n) is 1.11. The molecule has 2 nitrogen and oxygen atoms in total. The predicted octanol–water partition coefficient (Wildman–Crippen LogP) is 2.96. The van der Waals surface area contributed by atoms with Crippen LogP contribution < -0.4 is 4.74 Å². The van der Waals surface area contributed by atoms with E-state index in [1.54, 1.807) is 7.11 Å². The maximum atomic E-state index is 5.18. The first-order chi connectivity index (χ1) is 5.81. The third-order valence-corrected chi connectivity index (χ3v) is 2.90. The first-order valence-electron chi connectivity index (χ1n) is 3.47. The Labute approximate surface area is 97.7 Å². The molecule has 0 saturated carbocycles. The Morgan fingerprint density at radius 2 is 2.23 bits per heavy atom. The molecule has 0 fully saturated rings. The Kier molecular flexibility index (Phi) is 3.59. The standard InChI is InChI=1S/C8H7NOS2.Zn/c1-10-6-4-2-3-5-7(6)12-8(11)9-5;/h2-4H,1H3,(H,9,11);. The Hall–Kier alpha value is -0.247. The first-order valence-corrected chi connectivity index (χ1v) is 4.69. The van der Waals surface area contributed by atoms with Crippen LogP contribution in [-0.2, 0) is 19.5 Å². The molecule has 1 heterocycles. The number of aromatic nitrogens is 1. The van der Waals surface area contributed by atoms with E-state index in [9.17, 15) is 0 Å². The molecule has 2 rings (SSSR count). The van der Waals surface area contributed by atoms with Crippen LogP contribution in [0.1, 0.15) is 0 Å². The Balaban J connectivity index is 0.000000845. The molecule has 0 amide bonds. The van der Waals surface area contributed by atoms with Gasteiger partial charge in [0.2, 0.25) is 0 Å². The van der Waals surface area contributed by atoms with E-state index in [0.717, 1.165) is 19.9 Å². The molecule has 2 aromatic rings. The Bertz CT molecular complexity index is 462. The molecular weight excluding hydrogens is 256 g/mol. The summed E-state index contributed by atoms with van der Waals surface area (Å²) in [5.74, 6) is 0.879. The van der Waals surface area contributed by atoms with Crippen molar-refractivity contribution in [3.05, 3.63) is 22.2 Å². The van der Waals surface area contributed by atoms with Crippen molar-refractivity contribution in [2.45, 2.75) is 0 Å². The first kappa shape index (κ1) is 10.8. The quantitative estimate of drug-likeness (QED) is 0.631. The van der Waals surface area contributed by atoms with Gasteiger partial charge in [0.25, 0.3) is 0 Å². The summed E-state index contributed by atoms with van der Waals surface area (Å²) < 4.78 is 7.06. The average molecular weight is 263 g/mol. The second-order valence-corrected chi connectivity index (χ2v) is 4.04. The number of thiazole rings is 1. The molecule has 0 aliphatic carbocycles. The zero-order chi connectivity index (χ0) is 8.55. The van der Waals surface area contributed by atoms with Crippen molar-refractivity contribution in [1.82, 2.24) is 4.98 Å². The molecule has 5 heteroatoms. The normalized spacial score (nSPS) is 9.62. The number of hydrogen-bond acceptors (Lipinski definition) is 3. The van der Waals surface area contributed by atoms with Gasteiger partial charge in [0.05, 0.1) is 17.3 Å². The van der Waals surface area contributed by atoms with E-state index in [0.29, 0.717) is 0 Å². The number of hydrogen-bond donors (Lipinski definition) is 1. The maximum Gasteiger partial charge on any atom is 0.159 e. The molecule has 64 valence electrons. The van der Waals surface area contributed by atoms with E-state index in [1.165, 1.54) is 11.3 Å². The fourth-order valence-corrected chi connectivity index (χ4v) is 2.30. The zero-order valence-corrected chi connectivity index (χ0v) is 11.8. The number of benzene rings is 1. The molecule has 1 aromatic heterocycles. The number of rotatable bonds is 1. The molecule has 0 radical (unpaired) electrons. The minimum absolute atomic E-state index is 0. The summed E-state index contributed by atoms with van der Waals surface area (Å²) in [6.45, 7) is 0. The third kappa shape index (κ3) is 1.98. The summed E-state index contributed by atoms with van der Waals surface area (Å²) in [5.41, 5.74) is 1.05. The minimum atomic E-state index is 0. The summed E-state index contributed by atoms with van der Waals surface area (Å²) in [4.78, 5) is 3.09. The summed E-state index contributed by atoms with van der Waals surface area (Å²) in [6.07, 6.45) is 0. The largest absolute Gasteiger partial charge is 0.495 e. The van der Waals surface area contributed by atoms with Crippen LogP contribution in [0, 0.1) is 3.95 Å². The number of methoxy groups -OCH3 is 1. The Morgan fingerprint density at radius 1 is 1.46 bits per heavy atom. The number of fused-ring (bicyclic) bond motifs is 1. The van der Waals surface area contributed by atoms with Crippen LogP contribution >= 0.6 is 23.6 Å². The summed E-state index contributed by atoms with van der Waals surface area (Å²) >= 11 is 6.57. The van der Waals surface area contributed by atoms with Crippen molar-refractivity contribution < 1.29 is 24.2 Å². The van der Waals surface area contributed by atoms with Crippen molar-refractivity contribution in [2.75, 3.05) is 7.11 Å². The minimum Gasteiger partial charge on any atom is -0.495 e. The van der Waals surface area contributed by atoms with Crippen LogP contribution in [0.15, 0.2) is 18.2 Å². The molecule has 1 N–H and O–H groups in total.